The molecule has 2 aromatic carbocycles. The SMILES string of the molecule is O=C(Nc1cccc(Cl)c1N1CCOCC1)c1ccccc1Cl. The fourth-order valence-electron chi connectivity index (χ4n) is 2.56. The number of anilines is 2. The van der Waals surface area contributed by atoms with Crippen LogP contribution in [0.25, 0.3) is 0 Å². The van der Waals surface area contributed by atoms with Gasteiger partial charge in [0.1, 0.15) is 0 Å². The first-order chi connectivity index (χ1) is 11.2. The molecule has 0 aromatic heterocycles. The first-order valence-electron chi connectivity index (χ1n) is 7.34. The Morgan fingerprint density at radius 1 is 1.00 bits per heavy atom. The molecule has 0 unspecified atom stereocenters. The summed E-state index contributed by atoms with van der Waals surface area (Å²) in [5, 5.41) is 3.93. The van der Waals surface area contributed by atoms with Crippen LogP contribution in [0.5, 0.6) is 0 Å². The van der Waals surface area contributed by atoms with Crippen LogP contribution in [0.2, 0.25) is 10.0 Å². The molecule has 1 aliphatic rings. The molecule has 0 spiro atoms. The van der Waals surface area contributed by atoms with Gasteiger partial charge in [0.25, 0.3) is 5.91 Å². The van der Waals surface area contributed by atoms with Crippen LogP contribution >= 0.6 is 23.2 Å². The Kier molecular flexibility index (Phi) is 5.06. The van der Waals surface area contributed by atoms with Gasteiger partial charge in [-0.1, -0.05) is 41.4 Å². The molecule has 1 saturated heterocycles. The highest BCUT2D eigenvalue weighted by atomic mass is 35.5. The van der Waals surface area contributed by atoms with E-state index >= 15 is 0 Å². The molecule has 0 saturated carbocycles. The molecule has 1 aliphatic heterocycles. The summed E-state index contributed by atoms with van der Waals surface area (Å²) in [6.45, 7) is 2.75. The normalized spacial score (nSPS) is 14.6. The van der Waals surface area contributed by atoms with Crippen LogP contribution in [0.4, 0.5) is 11.4 Å². The van der Waals surface area contributed by atoms with Crippen LogP contribution in [-0.2, 0) is 4.74 Å². The molecule has 23 heavy (non-hydrogen) atoms. The predicted molar refractivity (Wildman–Crippen MR) is 93.9 cm³/mol. The standard InChI is InChI=1S/C17H16Cl2N2O2/c18-13-5-2-1-4-12(13)17(22)20-15-7-3-6-14(19)16(15)21-8-10-23-11-9-21/h1-7H,8-11H2,(H,20,22). The van der Waals surface area contributed by atoms with Crippen LogP contribution in [-0.4, -0.2) is 32.2 Å². The Hall–Kier alpha value is -1.75. The quantitative estimate of drug-likeness (QED) is 0.906. The summed E-state index contributed by atoms with van der Waals surface area (Å²) in [4.78, 5) is 14.6. The zero-order valence-electron chi connectivity index (χ0n) is 12.4. The van der Waals surface area contributed by atoms with Crippen molar-refractivity contribution in [1.29, 1.82) is 0 Å². The molecule has 0 aliphatic carbocycles. The lowest BCUT2D eigenvalue weighted by Gasteiger charge is -2.31. The molecule has 120 valence electrons. The maximum Gasteiger partial charge on any atom is 0.257 e. The Balaban J connectivity index is 1.89. The molecule has 4 nitrogen and oxygen atoms in total. The maximum absolute atomic E-state index is 12.5. The van der Waals surface area contributed by atoms with Gasteiger partial charge in [0.2, 0.25) is 0 Å². The smallest absolute Gasteiger partial charge is 0.257 e. The number of para-hydroxylation sites is 1. The number of benzene rings is 2. The molecule has 0 bridgehead atoms. The Labute approximate surface area is 144 Å². The van der Waals surface area contributed by atoms with Gasteiger partial charge in [0.15, 0.2) is 0 Å². The summed E-state index contributed by atoms with van der Waals surface area (Å²) in [5.41, 5.74) is 1.92. The number of nitrogens with zero attached hydrogens (tertiary/aromatic N) is 1. The summed E-state index contributed by atoms with van der Waals surface area (Å²) in [6, 6.07) is 12.4. The third-order valence-corrected chi connectivity index (χ3v) is 4.32. The second-order valence-corrected chi connectivity index (χ2v) is 5.98. The number of hydrogen-bond acceptors (Lipinski definition) is 3. The van der Waals surface area contributed by atoms with Gasteiger partial charge in [0, 0.05) is 13.1 Å². The van der Waals surface area contributed by atoms with Crippen LogP contribution in [0.1, 0.15) is 10.4 Å². The van der Waals surface area contributed by atoms with E-state index in [0.29, 0.717) is 34.5 Å². The van der Waals surface area contributed by atoms with Crippen LogP contribution < -0.4 is 10.2 Å². The topological polar surface area (TPSA) is 41.6 Å². The number of nitrogens with one attached hydrogen (secondary N) is 1. The van der Waals surface area contributed by atoms with E-state index in [4.69, 9.17) is 27.9 Å². The van der Waals surface area contributed by atoms with E-state index < -0.39 is 0 Å². The van der Waals surface area contributed by atoms with Gasteiger partial charge in [-0.25, -0.2) is 0 Å². The number of morpholine rings is 1. The number of amides is 1. The van der Waals surface area contributed by atoms with Crippen molar-refractivity contribution in [3.63, 3.8) is 0 Å². The molecule has 1 N–H and O–H groups in total. The highest BCUT2D eigenvalue weighted by Gasteiger charge is 2.20. The summed E-state index contributed by atoms with van der Waals surface area (Å²) in [6.07, 6.45) is 0. The predicted octanol–water partition coefficient (Wildman–Crippen LogP) is 4.08. The lowest BCUT2D eigenvalue weighted by Crippen LogP contribution is -2.37. The van der Waals surface area contributed by atoms with Crippen molar-refractivity contribution in [2.24, 2.45) is 0 Å². The van der Waals surface area contributed by atoms with Gasteiger partial charge in [-0.05, 0) is 24.3 Å². The van der Waals surface area contributed by atoms with E-state index in [0.717, 1.165) is 18.8 Å². The third-order valence-electron chi connectivity index (χ3n) is 3.68. The van der Waals surface area contributed by atoms with E-state index in [1.54, 1.807) is 24.3 Å². The molecule has 3 rings (SSSR count). The average molecular weight is 351 g/mol. The molecule has 0 radical (unpaired) electrons. The van der Waals surface area contributed by atoms with Gasteiger partial charge < -0.3 is 15.0 Å². The monoisotopic (exact) mass is 350 g/mol. The van der Waals surface area contributed by atoms with Gasteiger partial charge in [-0.15, -0.1) is 0 Å². The van der Waals surface area contributed by atoms with Crippen molar-refractivity contribution in [1.82, 2.24) is 0 Å². The average Bonchev–Trinajstić information content (AvgIpc) is 2.56. The molecule has 1 fully saturated rings. The first kappa shape index (κ1) is 16.1. The summed E-state index contributed by atoms with van der Waals surface area (Å²) < 4.78 is 5.38. The second kappa shape index (κ2) is 7.21. The number of carbonyl (C=O) groups excluding carboxylic acids is 1. The van der Waals surface area contributed by atoms with Crippen molar-refractivity contribution < 1.29 is 9.53 Å². The number of carbonyl (C=O) groups is 1. The minimum Gasteiger partial charge on any atom is -0.378 e. The number of rotatable bonds is 3. The molecule has 6 heteroatoms. The summed E-state index contributed by atoms with van der Waals surface area (Å²) >= 11 is 12.5. The fraction of sp³-hybridized carbons (Fsp3) is 0.235. The molecule has 1 amide bonds. The third kappa shape index (κ3) is 3.61. The number of ether oxygens (including phenoxy) is 1. The van der Waals surface area contributed by atoms with Crippen molar-refractivity contribution in [2.45, 2.75) is 0 Å². The van der Waals surface area contributed by atoms with E-state index in [1.165, 1.54) is 0 Å². The molecular weight excluding hydrogens is 335 g/mol. The van der Waals surface area contributed by atoms with Crippen molar-refractivity contribution in [3.05, 3.63) is 58.1 Å². The fourth-order valence-corrected chi connectivity index (χ4v) is 3.08. The van der Waals surface area contributed by atoms with Crippen molar-refractivity contribution >= 4 is 40.5 Å². The molecule has 2 aromatic rings. The Bertz CT molecular complexity index is 715. The summed E-state index contributed by atoms with van der Waals surface area (Å²) in [7, 11) is 0. The second-order valence-electron chi connectivity index (χ2n) is 5.17. The number of hydrogen-bond donors (Lipinski definition) is 1. The largest absolute Gasteiger partial charge is 0.378 e. The van der Waals surface area contributed by atoms with E-state index in [2.05, 4.69) is 10.2 Å². The minimum absolute atomic E-state index is 0.257. The van der Waals surface area contributed by atoms with Crippen LogP contribution in [0, 0.1) is 0 Å². The minimum atomic E-state index is -0.257. The van der Waals surface area contributed by atoms with Gasteiger partial charge >= 0.3 is 0 Å². The zero-order valence-corrected chi connectivity index (χ0v) is 13.9. The highest BCUT2D eigenvalue weighted by molar-refractivity contribution is 6.35. The Morgan fingerprint density at radius 3 is 2.43 bits per heavy atom. The molecule has 0 atom stereocenters. The van der Waals surface area contributed by atoms with E-state index in [1.807, 2.05) is 18.2 Å². The van der Waals surface area contributed by atoms with Gasteiger partial charge in [-0.3, -0.25) is 4.79 Å². The molecule has 1 heterocycles. The maximum atomic E-state index is 12.5. The van der Waals surface area contributed by atoms with Crippen molar-refractivity contribution in [2.75, 3.05) is 36.5 Å². The van der Waals surface area contributed by atoms with Gasteiger partial charge in [0.05, 0.1) is 40.2 Å². The van der Waals surface area contributed by atoms with Crippen LogP contribution in [0.15, 0.2) is 42.5 Å². The highest BCUT2D eigenvalue weighted by Crippen LogP contribution is 2.35. The first-order valence-corrected chi connectivity index (χ1v) is 8.09. The lowest BCUT2D eigenvalue weighted by atomic mass is 10.2. The summed E-state index contributed by atoms with van der Waals surface area (Å²) in [5.74, 6) is -0.257. The zero-order chi connectivity index (χ0) is 16.2. The Morgan fingerprint density at radius 2 is 1.70 bits per heavy atom. The molecular formula is C17H16Cl2N2O2. The van der Waals surface area contributed by atoms with Crippen molar-refractivity contribution in [3.8, 4) is 0 Å². The van der Waals surface area contributed by atoms with E-state index in [9.17, 15) is 4.79 Å². The van der Waals surface area contributed by atoms with E-state index in [-0.39, 0.29) is 5.91 Å². The lowest BCUT2D eigenvalue weighted by molar-refractivity contribution is 0.102. The van der Waals surface area contributed by atoms with Crippen LogP contribution in [0.3, 0.4) is 0 Å². The number of halogens is 2. The van der Waals surface area contributed by atoms with Gasteiger partial charge in [-0.2, -0.15) is 0 Å².